The van der Waals surface area contributed by atoms with Crippen molar-refractivity contribution < 1.29 is 53.2 Å². The highest BCUT2D eigenvalue weighted by Gasteiger charge is 2.78. The van der Waals surface area contributed by atoms with Gasteiger partial charge in [0.05, 0.1) is 19.2 Å². The number of aliphatic hydroxyl groups excluding tert-OH is 1. The molecule has 322 valence electrons. The number of phenols is 1. The van der Waals surface area contributed by atoms with Crippen LogP contribution >= 0.6 is 0 Å². The van der Waals surface area contributed by atoms with Crippen LogP contribution in [0.2, 0.25) is 0 Å². The van der Waals surface area contributed by atoms with Crippen LogP contribution in [0.5, 0.6) is 5.75 Å². The molecule has 0 radical (unpaired) electrons. The zero-order valence-electron chi connectivity index (χ0n) is 34.6. The maximum absolute atomic E-state index is 15.5. The number of hydrogen-bond donors (Lipinski definition) is 3. The molecule has 4 heterocycles. The molecule has 3 aliphatic carbocycles. The fraction of sp³-hybridized carbons (Fsp3) is 0.609. The number of hydrogen-bond acceptors (Lipinski definition) is 12. The second kappa shape index (κ2) is 15.8. The molecular formula is C46H57N3O11. The highest BCUT2D eigenvalue weighted by Crippen LogP contribution is 2.64. The number of hydroxylamine groups is 2. The number of rotatable bonds is 14. The molecule has 4 aliphatic heterocycles. The summed E-state index contributed by atoms with van der Waals surface area (Å²) in [6.45, 7) is 5.43. The lowest BCUT2D eigenvalue weighted by Gasteiger charge is -2.50. The molecule has 2 aromatic rings. The highest BCUT2D eigenvalue weighted by molar-refractivity contribution is 5.96. The Morgan fingerprint density at radius 1 is 1.00 bits per heavy atom. The number of likely N-dealkylation sites (tertiary alicyclic amines) is 1. The molecule has 4 saturated heterocycles. The van der Waals surface area contributed by atoms with Crippen molar-refractivity contribution in [3.8, 4) is 5.75 Å². The SMILES string of the molecule is CC(C)(C)OC(=O)CC[C@@H](CO)NC(=O)[C@H]1CCCN1C(=O)[C@@]12C[C@H]3OC(=O)[C@@H]1N(Cc1ccc(C=CCc4ccccc4O)cc1)O[C@@H]2[C@H]1OC(C2CC2)(C2CC2)O[C@H]13. The first-order chi connectivity index (χ1) is 28.8. The fourth-order valence-electron chi connectivity index (χ4n) is 10.3. The van der Waals surface area contributed by atoms with Crippen molar-refractivity contribution in [2.45, 2.75) is 145 Å². The van der Waals surface area contributed by atoms with Crippen LogP contribution in [0, 0.1) is 17.3 Å². The minimum Gasteiger partial charge on any atom is -0.508 e. The summed E-state index contributed by atoms with van der Waals surface area (Å²) in [6, 6.07) is 12.4. The van der Waals surface area contributed by atoms with Crippen molar-refractivity contribution in [3.05, 3.63) is 71.3 Å². The molecule has 9 rings (SSSR count). The maximum atomic E-state index is 15.5. The highest BCUT2D eigenvalue weighted by atomic mass is 16.8. The Balaban J connectivity index is 0.968. The van der Waals surface area contributed by atoms with Gasteiger partial charge in [-0.25, -0.2) is 0 Å². The Labute approximate surface area is 350 Å². The first-order valence-electron chi connectivity index (χ1n) is 21.8. The van der Waals surface area contributed by atoms with Gasteiger partial charge in [0, 0.05) is 31.2 Å². The average Bonchev–Trinajstić information content (AvgIpc) is 4.13. The first kappa shape index (κ1) is 41.0. The lowest BCUT2D eigenvalue weighted by Crippen LogP contribution is -2.70. The van der Waals surface area contributed by atoms with Gasteiger partial charge in [0.2, 0.25) is 11.8 Å². The summed E-state index contributed by atoms with van der Waals surface area (Å²) in [5, 5.41) is 24.8. The molecule has 3 saturated carbocycles. The molecule has 7 aliphatic rings. The molecule has 14 heteroatoms. The van der Waals surface area contributed by atoms with E-state index in [-0.39, 0.29) is 55.9 Å². The van der Waals surface area contributed by atoms with E-state index < -0.39 is 77.2 Å². The lowest BCUT2D eigenvalue weighted by atomic mass is 9.62. The van der Waals surface area contributed by atoms with E-state index in [1.54, 1.807) is 42.9 Å². The van der Waals surface area contributed by atoms with Crippen LogP contribution in [0.25, 0.3) is 6.08 Å². The topological polar surface area (TPSA) is 173 Å². The average molecular weight is 828 g/mol. The van der Waals surface area contributed by atoms with Crippen molar-refractivity contribution in [2.24, 2.45) is 17.3 Å². The number of allylic oxidation sites excluding steroid dienone is 1. The van der Waals surface area contributed by atoms with Gasteiger partial charge in [-0.2, -0.15) is 5.06 Å². The predicted octanol–water partition coefficient (Wildman–Crippen LogP) is 4.34. The van der Waals surface area contributed by atoms with E-state index in [1.165, 1.54) is 0 Å². The smallest absolute Gasteiger partial charge is 0.327 e. The van der Waals surface area contributed by atoms with Crippen LogP contribution < -0.4 is 5.32 Å². The van der Waals surface area contributed by atoms with Gasteiger partial charge < -0.3 is 39.4 Å². The number of para-hydroxylation sites is 1. The first-order valence-corrected chi connectivity index (χ1v) is 21.8. The predicted molar refractivity (Wildman–Crippen MR) is 215 cm³/mol. The molecule has 3 N–H and O–H groups in total. The molecule has 14 nitrogen and oxygen atoms in total. The number of aliphatic hydroxyl groups is 1. The van der Waals surface area contributed by atoms with E-state index in [4.69, 9.17) is 23.8 Å². The van der Waals surface area contributed by atoms with E-state index in [0.29, 0.717) is 25.8 Å². The van der Waals surface area contributed by atoms with E-state index in [2.05, 4.69) is 5.32 Å². The van der Waals surface area contributed by atoms with Crippen LogP contribution in [0.1, 0.15) is 95.2 Å². The Morgan fingerprint density at radius 2 is 1.72 bits per heavy atom. The number of aromatic hydroxyl groups is 1. The number of esters is 2. The minimum absolute atomic E-state index is 0.00609. The normalized spacial score (nSPS) is 31.2. The van der Waals surface area contributed by atoms with Crippen LogP contribution in [0.3, 0.4) is 0 Å². The fourth-order valence-corrected chi connectivity index (χ4v) is 10.3. The maximum Gasteiger partial charge on any atom is 0.327 e. The number of nitrogens with one attached hydrogen (secondary N) is 1. The third kappa shape index (κ3) is 7.63. The third-order valence-electron chi connectivity index (χ3n) is 13.3. The molecule has 7 fully saturated rings. The number of carbonyl (C=O) groups excluding carboxylic acids is 4. The van der Waals surface area contributed by atoms with Crippen molar-refractivity contribution in [1.29, 1.82) is 0 Å². The lowest BCUT2D eigenvalue weighted by molar-refractivity contribution is -0.235. The van der Waals surface area contributed by atoms with Crippen molar-refractivity contribution >= 4 is 29.8 Å². The van der Waals surface area contributed by atoms with Crippen molar-refractivity contribution in [3.63, 3.8) is 0 Å². The molecule has 8 atom stereocenters. The quantitative estimate of drug-likeness (QED) is 0.231. The van der Waals surface area contributed by atoms with Crippen molar-refractivity contribution in [2.75, 3.05) is 13.2 Å². The molecule has 2 bridgehead atoms. The van der Waals surface area contributed by atoms with E-state index in [9.17, 15) is 24.6 Å². The molecule has 0 aromatic heterocycles. The summed E-state index contributed by atoms with van der Waals surface area (Å²) in [7, 11) is 0. The van der Waals surface area contributed by atoms with Gasteiger partial charge in [-0.15, -0.1) is 0 Å². The summed E-state index contributed by atoms with van der Waals surface area (Å²) in [5.41, 5.74) is 0.564. The third-order valence-corrected chi connectivity index (χ3v) is 13.3. The standard InChI is InChI=1S/C46H57N3O11/c1-44(2,3)57-36(52)22-21-32(26-50)47-41(53)33-11-7-23-48(33)43(55)45-24-35-37-38(59-46(58-37,30-17-18-30)31-19-20-31)40(45)60-49(39(45)42(54)56-35)25-28-15-13-27(14-16-28)8-6-10-29-9-4-5-12-34(29)51/h4-6,8-9,12-16,30-33,35,37-40,50-51H,7,10-11,17-26H2,1-3H3,(H,47,53)/t32-,33+,35+,37-,38-,39-,40+,45-/m0/s1. The van der Waals surface area contributed by atoms with Gasteiger partial charge in [0.25, 0.3) is 0 Å². The van der Waals surface area contributed by atoms with E-state index >= 15 is 4.79 Å². The van der Waals surface area contributed by atoms with Crippen LogP contribution in [0.15, 0.2) is 54.6 Å². The van der Waals surface area contributed by atoms with Crippen LogP contribution in [0.4, 0.5) is 0 Å². The minimum atomic E-state index is -1.42. The second-order valence-electron chi connectivity index (χ2n) is 18.8. The van der Waals surface area contributed by atoms with E-state index in [1.807, 2.05) is 48.6 Å². The van der Waals surface area contributed by atoms with Crippen LogP contribution in [-0.4, -0.2) is 111 Å². The largest absolute Gasteiger partial charge is 0.508 e. The van der Waals surface area contributed by atoms with Gasteiger partial charge in [-0.1, -0.05) is 54.6 Å². The molecule has 0 unspecified atom stereocenters. The summed E-state index contributed by atoms with van der Waals surface area (Å²) in [6.07, 6.45) is 6.94. The number of phenolic OH excluding ortho intramolecular Hbond substituents is 1. The Hall–Kier alpha value is -4.34. The molecule has 0 spiro atoms. The summed E-state index contributed by atoms with van der Waals surface area (Å²) >= 11 is 0. The number of benzene rings is 2. The molecular weight excluding hydrogens is 771 g/mol. The molecule has 60 heavy (non-hydrogen) atoms. The monoisotopic (exact) mass is 827 g/mol. The zero-order valence-corrected chi connectivity index (χ0v) is 34.6. The molecule has 2 aromatic carbocycles. The van der Waals surface area contributed by atoms with E-state index in [0.717, 1.165) is 42.4 Å². The molecule has 2 amide bonds. The van der Waals surface area contributed by atoms with Crippen molar-refractivity contribution in [1.82, 2.24) is 15.3 Å². The second-order valence-corrected chi connectivity index (χ2v) is 18.8. The summed E-state index contributed by atoms with van der Waals surface area (Å²) < 4.78 is 25.6. The zero-order chi connectivity index (χ0) is 42.0. The number of nitrogens with zero attached hydrogens (tertiary/aromatic N) is 2. The number of amides is 2. The Kier molecular flexibility index (Phi) is 10.8. The summed E-state index contributed by atoms with van der Waals surface area (Å²) in [5.74, 6) is -1.84. The van der Waals surface area contributed by atoms with Gasteiger partial charge >= 0.3 is 11.9 Å². The van der Waals surface area contributed by atoms with Crippen LogP contribution in [-0.2, 0) is 55.9 Å². The number of carbonyl (C=O) groups is 4. The van der Waals surface area contributed by atoms with Gasteiger partial charge in [0.1, 0.15) is 47.2 Å². The number of ether oxygens (including phenoxy) is 4. The van der Waals surface area contributed by atoms with Gasteiger partial charge in [-0.05, 0) is 94.9 Å². The summed E-state index contributed by atoms with van der Waals surface area (Å²) in [4.78, 5) is 64.7. The number of fused-ring (bicyclic) bond motifs is 4. The Morgan fingerprint density at radius 3 is 2.40 bits per heavy atom. The van der Waals surface area contributed by atoms with Gasteiger partial charge in [-0.3, -0.25) is 24.0 Å². The van der Waals surface area contributed by atoms with Gasteiger partial charge in [0.15, 0.2) is 11.8 Å². The Bertz CT molecular complexity index is 2000.